The molecule has 0 unspecified atom stereocenters. The van der Waals surface area contributed by atoms with Gasteiger partial charge in [0, 0.05) is 31.2 Å². The van der Waals surface area contributed by atoms with E-state index in [1.165, 1.54) is 10.4 Å². The van der Waals surface area contributed by atoms with Gasteiger partial charge in [-0.05, 0) is 31.5 Å². The van der Waals surface area contributed by atoms with Gasteiger partial charge in [0.05, 0.1) is 24.4 Å². The van der Waals surface area contributed by atoms with Crippen molar-refractivity contribution in [2.45, 2.75) is 24.8 Å². The maximum Gasteiger partial charge on any atom is 0.247 e. The maximum atomic E-state index is 12.9. The highest BCUT2D eigenvalue weighted by Gasteiger charge is 2.28. The van der Waals surface area contributed by atoms with Crippen LogP contribution in [0.1, 0.15) is 18.5 Å². The number of aromatic nitrogens is 2. The van der Waals surface area contributed by atoms with Crippen molar-refractivity contribution in [3.8, 4) is 0 Å². The van der Waals surface area contributed by atoms with E-state index < -0.39 is 16.1 Å². The first-order valence-corrected chi connectivity index (χ1v) is 9.80. The first-order valence-electron chi connectivity index (χ1n) is 8.36. The third-order valence-corrected chi connectivity index (χ3v) is 6.44. The summed E-state index contributed by atoms with van der Waals surface area (Å²) in [6.45, 7) is 4.92. The molecule has 1 aromatic heterocycles. The van der Waals surface area contributed by atoms with E-state index in [9.17, 15) is 13.2 Å². The molecule has 1 aromatic carbocycles. The maximum absolute atomic E-state index is 12.9. The summed E-state index contributed by atoms with van der Waals surface area (Å²) in [6.07, 6.45) is 4.87. The van der Waals surface area contributed by atoms with Crippen molar-refractivity contribution in [1.82, 2.24) is 13.9 Å². The Morgan fingerprint density at radius 1 is 1.31 bits per heavy atom. The van der Waals surface area contributed by atoms with Crippen LogP contribution in [0.5, 0.6) is 0 Å². The summed E-state index contributed by atoms with van der Waals surface area (Å²) in [5.74, 6) is -0.249. The van der Waals surface area contributed by atoms with Crippen molar-refractivity contribution in [1.29, 1.82) is 0 Å². The van der Waals surface area contributed by atoms with Crippen LogP contribution in [-0.2, 0) is 19.6 Å². The summed E-state index contributed by atoms with van der Waals surface area (Å²) in [5, 5.41) is 2.78. The van der Waals surface area contributed by atoms with Crippen molar-refractivity contribution < 1.29 is 17.9 Å². The van der Waals surface area contributed by atoms with Crippen LogP contribution in [0.2, 0.25) is 0 Å². The number of ether oxygens (including phenoxy) is 1. The number of imidazole rings is 1. The number of nitrogens with zero attached hydrogens (tertiary/aromatic N) is 3. The minimum Gasteiger partial charge on any atom is -0.379 e. The molecule has 26 heavy (non-hydrogen) atoms. The third kappa shape index (κ3) is 3.79. The summed E-state index contributed by atoms with van der Waals surface area (Å²) < 4.78 is 34.1. The molecule has 1 atom stereocenters. The molecule has 1 aliphatic rings. The number of sulfonamides is 1. The zero-order valence-corrected chi connectivity index (χ0v) is 15.6. The fourth-order valence-corrected chi connectivity index (χ4v) is 4.42. The Balaban J connectivity index is 1.82. The summed E-state index contributed by atoms with van der Waals surface area (Å²) in [4.78, 5) is 16.6. The first-order chi connectivity index (χ1) is 12.4. The number of hydrogen-bond donors (Lipinski definition) is 1. The van der Waals surface area contributed by atoms with E-state index in [4.69, 9.17) is 4.74 Å². The second-order valence-electron chi connectivity index (χ2n) is 6.17. The Morgan fingerprint density at radius 3 is 2.69 bits per heavy atom. The largest absolute Gasteiger partial charge is 0.379 e. The lowest BCUT2D eigenvalue weighted by molar-refractivity contribution is -0.118. The van der Waals surface area contributed by atoms with Gasteiger partial charge in [-0.25, -0.2) is 13.4 Å². The number of rotatable bonds is 5. The third-order valence-electron chi connectivity index (χ3n) is 4.40. The standard InChI is InChI=1S/C17H22N4O4S/c1-13-3-4-15(19-17(22)14(2)20-6-5-18-12-20)11-16(13)26(23,24)21-7-9-25-10-8-21/h3-6,11-12,14H,7-10H2,1-2H3,(H,19,22)/t14-/m0/s1. The Bertz CT molecular complexity index is 874. The van der Waals surface area contributed by atoms with Crippen LogP contribution in [0.25, 0.3) is 0 Å². The lowest BCUT2D eigenvalue weighted by atomic mass is 10.2. The summed E-state index contributed by atoms with van der Waals surface area (Å²) in [7, 11) is -3.63. The van der Waals surface area contributed by atoms with Crippen LogP contribution in [0, 0.1) is 6.92 Å². The normalized spacial score (nSPS) is 17.0. The molecule has 0 saturated carbocycles. The minimum absolute atomic E-state index is 0.201. The highest BCUT2D eigenvalue weighted by Crippen LogP contribution is 2.25. The summed E-state index contributed by atoms with van der Waals surface area (Å²) in [5.41, 5.74) is 1.08. The zero-order chi connectivity index (χ0) is 18.7. The van der Waals surface area contributed by atoms with E-state index in [1.807, 2.05) is 0 Å². The van der Waals surface area contributed by atoms with Crippen LogP contribution >= 0.6 is 0 Å². The quantitative estimate of drug-likeness (QED) is 0.849. The smallest absolute Gasteiger partial charge is 0.247 e. The molecule has 3 rings (SSSR count). The van der Waals surface area contributed by atoms with E-state index in [-0.39, 0.29) is 10.8 Å². The van der Waals surface area contributed by atoms with Gasteiger partial charge in [0.1, 0.15) is 6.04 Å². The van der Waals surface area contributed by atoms with Crippen molar-refractivity contribution >= 4 is 21.6 Å². The molecule has 0 radical (unpaired) electrons. The van der Waals surface area contributed by atoms with Gasteiger partial charge >= 0.3 is 0 Å². The fraction of sp³-hybridized carbons (Fsp3) is 0.412. The van der Waals surface area contributed by atoms with Gasteiger partial charge in [-0.15, -0.1) is 0 Å². The number of benzene rings is 1. The molecule has 1 saturated heterocycles. The highest BCUT2D eigenvalue weighted by molar-refractivity contribution is 7.89. The SMILES string of the molecule is Cc1ccc(NC(=O)[C@H](C)n2ccnc2)cc1S(=O)(=O)N1CCOCC1. The molecule has 2 aromatic rings. The minimum atomic E-state index is -3.63. The van der Waals surface area contributed by atoms with Gasteiger partial charge in [0.2, 0.25) is 15.9 Å². The highest BCUT2D eigenvalue weighted by atomic mass is 32.2. The Kier molecular flexibility index (Phi) is 5.40. The van der Waals surface area contributed by atoms with Crippen LogP contribution < -0.4 is 5.32 Å². The second kappa shape index (κ2) is 7.56. The average molecular weight is 378 g/mol. The number of amides is 1. The molecule has 140 valence electrons. The molecular weight excluding hydrogens is 356 g/mol. The molecule has 1 aliphatic heterocycles. The molecule has 1 amide bonds. The Morgan fingerprint density at radius 2 is 2.04 bits per heavy atom. The van der Waals surface area contributed by atoms with Crippen molar-refractivity contribution in [2.24, 2.45) is 0 Å². The Labute approximate surface area is 152 Å². The fourth-order valence-electron chi connectivity index (χ4n) is 2.76. The van der Waals surface area contributed by atoms with Crippen LogP contribution in [-0.4, -0.2) is 54.5 Å². The van der Waals surface area contributed by atoms with Crippen LogP contribution in [0.15, 0.2) is 41.8 Å². The van der Waals surface area contributed by atoms with Gasteiger partial charge < -0.3 is 14.6 Å². The van der Waals surface area contributed by atoms with E-state index in [1.54, 1.807) is 49.3 Å². The number of morpholine rings is 1. The summed E-state index contributed by atoms with van der Waals surface area (Å²) in [6, 6.07) is 4.45. The van der Waals surface area contributed by atoms with Crippen LogP contribution in [0.4, 0.5) is 5.69 Å². The number of aryl methyl sites for hydroxylation is 1. The van der Waals surface area contributed by atoms with Crippen LogP contribution in [0.3, 0.4) is 0 Å². The Hall–Kier alpha value is -2.23. The second-order valence-corrected chi connectivity index (χ2v) is 8.08. The number of anilines is 1. The molecule has 1 fully saturated rings. The van der Waals surface area contributed by atoms with E-state index >= 15 is 0 Å². The number of carbonyl (C=O) groups excluding carboxylic acids is 1. The first kappa shape index (κ1) is 18.6. The molecule has 2 heterocycles. The molecular formula is C17H22N4O4S. The molecule has 9 heteroatoms. The van der Waals surface area contributed by atoms with Crippen molar-refractivity contribution in [3.05, 3.63) is 42.5 Å². The van der Waals surface area contributed by atoms with Crippen molar-refractivity contribution in [2.75, 3.05) is 31.6 Å². The molecule has 0 spiro atoms. The number of hydrogen-bond acceptors (Lipinski definition) is 5. The monoisotopic (exact) mass is 378 g/mol. The molecule has 0 aliphatic carbocycles. The lowest BCUT2D eigenvalue weighted by Gasteiger charge is -2.27. The zero-order valence-electron chi connectivity index (χ0n) is 14.8. The van der Waals surface area contributed by atoms with Crippen molar-refractivity contribution in [3.63, 3.8) is 0 Å². The predicted octanol–water partition coefficient (Wildman–Crippen LogP) is 1.41. The van der Waals surface area contributed by atoms with E-state index in [2.05, 4.69) is 10.3 Å². The van der Waals surface area contributed by atoms with Gasteiger partial charge in [-0.3, -0.25) is 4.79 Å². The predicted molar refractivity (Wildman–Crippen MR) is 96.3 cm³/mol. The van der Waals surface area contributed by atoms with E-state index in [0.29, 0.717) is 37.6 Å². The van der Waals surface area contributed by atoms with Gasteiger partial charge in [0.15, 0.2) is 0 Å². The molecule has 8 nitrogen and oxygen atoms in total. The lowest BCUT2D eigenvalue weighted by Crippen LogP contribution is -2.40. The van der Waals surface area contributed by atoms with Gasteiger partial charge in [-0.1, -0.05) is 6.07 Å². The number of nitrogens with one attached hydrogen (secondary N) is 1. The molecule has 1 N–H and O–H groups in total. The van der Waals surface area contributed by atoms with Gasteiger partial charge in [-0.2, -0.15) is 4.31 Å². The number of carbonyl (C=O) groups is 1. The van der Waals surface area contributed by atoms with E-state index in [0.717, 1.165) is 0 Å². The molecule has 0 bridgehead atoms. The van der Waals surface area contributed by atoms with Gasteiger partial charge in [0.25, 0.3) is 0 Å². The summed E-state index contributed by atoms with van der Waals surface area (Å²) >= 11 is 0. The topological polar surface area (TPSA) is 93.5 Å². The average Bonchev–Trinajstić information content (AvgIpc) is 3.18.